The highest BCUT2D eigenvalue weighted by Gasteiger charge is 2.42. The SMILES string of the molecule is CC1(c2[nH]nc3ncc(CC(=O)c4c(Cl)ccc(OCc5ccccc5)c4F)cc23)CC1. The fraction of sp³-hybridized carbons (Fsp3) is 0.240. The van der Waals surface area contributed by atoms with Gasteiger partial charge in [-0.1, -0.05) is 48.9 Å². The number of hydrogen-bond donors (Lipinski definition) is 1. The number of halogens is 2. The number of aromatic amines is 1. The number of pyridine rings is 1. The van der Waals surface area contributed by atoms with Crippen LogP contribution in [0.1, 0.15) is 46.9 Å². The number of H-pyrrole nitrogens is 1. The van der Waals surface area contributed by atoms with E-state index in [1.54, 1.807) is 6.20 Å². The smallest absolute Gasteiger partial charge is 0.181 e. The minimum atomic E-state index is -0.748. The van der Waals surface area contributed by atoms with Gasteiger partial charge in [0.25, 0.3) is 0 Å². The standard InChI is InChI=1S/C25H21ClFN3O2/c1-25(9-10-25)23-17-11-16(13-28-24(17)30-29-23)12-19(31)21-18(26)7-8-20(22(21)27)32-14-15-5-3-2-4-6-15/h2-8,11,13H,9-10,12,14H2,1H3,(H,28,29,30). The quantitative estimate of drug-likeness (QED) is 0.362. The molecule has 162 valence electrons. The molecule has 0 bridgehead atoms. The summed E-state index contributed by atoms with van der Waals surface area (Å²) in [6.45, 7) is 2.36. The summed E-state index contributed by atoms with van der Waals surface area (Å²) >= 11 is 6.20. The van der Waals surface area contributed by atoms with Crippen molar-refractivity contribution in [3.8, 4) is 5.75 Å². The molecule has 0 amide bonds. The Bertz CT molecular complexity index is 1320. The molecule has 0 atom stereocenters. The molecule has 0 saturated heterocycles. The molecule has 32 heavy (non-hydrogen) atoms. The number of aromatic nitrogens is 3. The van der Waals surface area contributed by atoms with Gasteiger partial charge in [-0.05, 0) is 42.2 Å². The fourth-order valence-electron chi connectivity index (χ4n) is 3.85. The third-order valence-electron chi connectivity index (χ3n) is 6.01. The molecule has 0 unspecified atom stereocenters. The van der Waals surface area contributed by atoms with Crippen molar-refractivity contribution in [1.29, 1.82) is 0 Å². The molecule has 5 rings (SSSR count). The Kier molecular flexibility index (Phi) is 5.18. The van der Waals surface area contributed by atoms with Gasteiger partial charge in [0.15, 0.2) is 23.0 Å². The molecular weight excluding hydrogens is 429 g/mol. The summed E-state index contributed by atoms with van der Waals surface area (Å²) in [5, 5.41) is 8.32. The van der Waals surface area contributed by atoms with Crippen LogP contribution >= 0.6 is 11.6 Å². The molecule has 2 aromatic heterocycles. The van der Waals surface area contributed by atoms with Crippen molar-refractivity contribution in [1.82, 2.24) is 15.2 Å². The van der Waals surface area contributed by atoms with Crippen molar-refractivity contribution in [2.75, 3.05) is 0 Å². The van der Waals surface area contributed by atoms with Gasteiger partial charge >= 0.3 is 0 Å². The highest BCUT2D eigenvalue weighted by atomic mass is 35.5. The van der Waals surface area contributed by atoms with Gasteiger partial charge in [0.2, 0.25) is 0 Å². The van der Waals surface area contributed by atoms with Gasteiger partial charge in [-0.3, -0.25) is 9.89 Å². The van der Waals surface area contributed by atoms with E-state index in [0.717, 1.165) is 29.5 Å². The zero-order chi connectivity index (χ0) is 22.3. The van der Waals surface area contributed by atoms with Crippen LogP contribution in [0.4, 0.5) is 4.39 Å². The number of ether oxygens (including phenoxy) is 1. The maximum absolute atomic E-state index is 15.2. The van der Waals surface area contributed by atoms with Crippen LogP contribution in [0.2, 0.25) is 5.02 Å². The Labute approximate surface area is 189 Å². The maximum Gasteiger partial charge on any atom is 0.181 e. The zero-order valence-electron chi connectivity index (χ0n) is 17.5. The number of hydrogen-bond acceptors (Lipinski definition) is 4. The van der Waals surface area contributed by atoms with E-state index in [0.29, 0.717) is 11.2 Å². The van der Waals surface area contributed by atoms with E-state index in [9.17, 15) is 4.79 Å². The molecule has 0 spiro atoms. The van der Waals surface area contributed by atoms with E-state index in [1.165, 1.54) is 12.1 Å². The molecule has 1 aliphatic rings. The van der Waals surface area contributed by atoms with Crippen LogP contribution in [0.5, 0.6) is 5.75 Å². The number of ketones is 1. The Morgan fingerprint density at radius 1 is 1.19 bits per heavy atom. The predicted octanol–water partition coefficient (Wildman–Crippen LogP) is 5.81. The van der Waals surface area contributed by atoms with Crippen molar-refractivity contribution in [2.24, 2.45) is 0 Å². The second-order valence-electron chi connectivity index (χ2n) is 8.48. The van der Waals surface area contributed by atoms with Gasteiger partial charge in [-0.2, -0.15) is 5.10 Å². The first-order valence-corrected chi connectivity index (χ1v) is 10.8. The molecular formula is C25H21ClFN3O2. The maximum atomic E-state index is 15.2. The highest BCUT2D eigenvalue weighted by Crippen LogP contribution is 2.48. The van der Waals surface area contributed by atoms with Gasteiger partial charge in [-0.15, -0.1) is 0 Å². The van der Waals surface area contributed by atoms with Gasteiger partial charge in [0.05, 0.1) is 16.3 Å². The van der Waals surface area contributed by atoms with E-state index in [2.05, 4.69) is 22.1 Å². The summed E-state index contributed by atoms with van der Waals surface area (Å²) in [7, 11) is 0. The van der Waals surface area contributed by atoms with Crippen LogP contribution in [-0.4, -0.2) is 21.0 Å². The first-order chi connectivity index (χ1) is 15.4. The van der Waals surface area contributed by atoms with Crippen LogP contribution in [0.15, 0.2) is 54.7 Å². The van der Waals surface area contributed by atoms with Crippen molar-refractivity contribution < 1.29 is 13.9 Å². The lowest BCUT2D eigenvalue weighted by Crippen LogP contribution is -2.09. The third kappa shape index (κ3) is 3.86. The molecule has 1 fully saturated rings. The van der Waals surface area contributed by atoms with Crippen molar-refractivity contribution in [2.45, 2.75) is 38.2 Å². The Balaban J connectivity index is 1.39. The lowest BCUT2D eigenvalue weighted by Gasteiger charge is -2.12. The lowest BCUT2D eigenvalue weighted by atomic mass is 9.99. The predicted molar refractivity (Wildman–Crippen MR) is 121 cm³/mol. The van der Waals surface area contributed by atoms with E-state index in [-0.39, 0.29) is 34.8 Å². The van der Waals surface area contributed by atoms with Crippen molar-refractivity contribution >= 4 is 28.4 Å². The highest BCUT2D eigenvalue weighted by molar-refractivity contribution is 6.34. The van der Waals surface area contributed by atoms with Crippen molar-refractivity contribution in [3.05, 3.63) is 88.0 Å². The Morgan fingerprint density at radius 2 is 1.97 bits per heavy atom. The molecule has 1 N–H and O–H groups in total. The van der Waals surface area contributed by atoms with Crippen LogP contribution in [0.3, 0.4) is 0 Å². The Hall–Kier alpha value is -3.25. The second kappa shape index (κ2) is 8.02. The Morgan fingerprint density at radius 3 is 2.72 bits per heavy atom. The summed E-state index contributed by atoms with van der Waals surface area (Å²) in [5.74, 6) is -1.18. The van der Waals surface area contributed by atoms with Crippen molar-refractivity contribution in [3.63, 3.8) is 0 Å². The molecule has 0 aliphatic heterocycles. The lowest BCUT2D eigenvalue weighted by molar-refractivity contribution is 0.0988. The number of nitrogens with one attached hydrogen (secondary N) is 1. The van der Waals surface area contributed by atoms with E-state index >= 15 is 4.39 Å². The topological polar surface area (TPSA) is 67.9 Å². The number of rotatable bonds is 7. The first kappa shape index (κ1) is 20.6. The molecule has 7 heteroatoms. The summed E-state index contributed by atoms with van der Waals surface area (Å²) in [6, 6.07) is 14.3. The normalized spacial score (nSPS) is 14.5. The molecule has 2 aromatic carbocycles. The first-order valence-electron chi connectivity index (χ1n) is 10.5. The fourth-order valence-corrected chi connectivity index (χ4v) is 4.10. The molecule has 4 aromatic rings. The molecule has 2 heterocycles. The molecule has 1 aliphatic carbocycles. The minimum Gasteiger partial charge on any atom is -0.486 e. The van der Waals surface area contributed by atoms with E-state index in [1.807, 2.05) is 36.4 Å². The summed E-state index contributed by atoms with van der Waals surface area (Å²) < 4.78 is 20.8. The molecule has 5 nitrogen and oxygen atoms in total. The van der Waals surface area contributed by atoms with Gasteiger partial charge in [0.1, 0.15) is 6.61 Å². The van der Waals surface area contributed by atoms with Crippen LogP contribution in [-0.2, 0) is 18.4 Å². The van der Waals surface area contributed by atoms with Gasteiger partial charge in [0, 0.05) is 23.4 Å². The number of carbonyl (C=O) groups is 1. The number of benzene rings is 2. The summed E-state index contributed by atoms with van der Waals surface area (Å²) in [4.78, 5) is 17.4. The minimum absolute atomic E-state index is 0.00559. The van der Waals surface area contributed by atoms with E-state index < -0.39 is 11.6 Å². The molecule has 0 radical (unpaired) electrons. The largest absolute Gasteiger partial charge is 0.486 e. The van der Waals surface area contributed by atoms with Crippen LogP contribution in [0, 0.1) is 5.82 Å². The van der Waals surface area contributed by atoms with E-state index in [4.69, 9.17) is 16.3 Å². The number of carbonyl (C=O) groups excluding carboxylic acids is 1. The average Bonchev–Trinajstić information content (AvgIpc) is 3.38. The number of fused-ring (bicyclic) bond motifs is 1. The monoisotopic (exact) mass is 449 g/mol. The second-order valence-corrected chi connectivity index (χ2v) is 8.89. The number of nitrogens with zero attached hydrogens (tertiary/aromatic N) is 2. The van der Waals surface area contributed by atoms with Gasteiger partial charge in [-0.25, -0.2) is 9.37 Å². The molecule has 1 saturated carbocycles. The van der Waals surface area contributed by atoms with Crippen LogP contribution < -0.4 is 4.74 Å². The van der Waals surface area contributed by atoms with Crippen LogP contribution in [0.25, 0.3) is 11.0 Å². The third-order valence-corrected chi connectivity index (χ3v) is 6.32. The zero-order valence-corrected chi connectivity index (χ0v) is 18.2. The number of Topliss-reactive ketones (excluding diaryl/α,β-unsaturated/α-hetero) is 1. The summed E-state index contributed by atoms with van der Waals surface area (Å²) in [5.41, 5.74) is 3.15. The summed E-state index contributed by atoms with van der Waals surface area (Å²) in [6.07, 6.45) is 3.75. The average molecular weight is 450 g/mol. The van der Waals surface area contributed by atoms with Gasteiger partial charge < -0.3 is 4.74 Å².